The lowest BCUT2D eigenvalue weighted by atomic mass is 10.0. The van der Waals surface area contributed by atoms with E-state index in [0.29, 0.717) is 30.2 Å². The van der Waals surface area contributed by atoms with Crippen molar-refractivity contribution in [3.8, 4) is 11.5 Å². The summed E-state index contributed by atoms with van der Waals surface area (Å²) in [5.74, 6) is 1.91. The highest BCUT2D eigenvalue weighted by atomic mass is 16.5. The maximum absolute atomic E-state index is 13.4. The third kappa shape index (κ3) is 5.17. The molecule has 6 heteroatoms. The van der Waals surface area contributed by atoms with Crippen LogP contribution in [0.5, 0.6) is 11.5 Å². The van der Waals surface area contributed by atoms with E-state index in [9.17, 15) is 4.79 Å². The molecule has 0 aliphatic rings. The minimum Gasteiger partial charge on any atom is -0.492 e. The smallest absolute Gasteiger partial charge is 0.257 e. The van der Waals surface area contributed by atoms with Gasteiger partial charge in [-0.1, -0.05) is 47.1 Å². The molecule has 4 rings (SSSR count). The van der Waals surface area contributed by atoms with Crippen molar-refractivity contribution in [3.05, 3.63) is 88.8 Å². The van der Waals surface area contributed by atoms with Crippen LogP contribution in [0.15, 0.2) is 65.2 Å². The van der Waals surface area contributed by atoms with Crippen molar-refractivity contribution >= 4 is 16.7 Å². The van der Waals surface area contributed by atoms with Gasteiger partial charge in [-0.3, -0.25) is 4.79 Å². The molecule has 0 unspecified atom stereocenters. The average molecular weight is 445 g/mol. The SMILES string of the molecule is Cc1ccc(OCCN(C)C(=O)c2cc3ccccc3cc2OCc2c(C)noc2C)cc1. The molecule has 1 amide bonds. The molecule has 4 aromatic rings. The van der Waals surface area contributed by atoms with Crippen molar-refractivity contribution in [1.82, 2.24) is 10.1 Å². The first-order valence-corrected chi connectivity index (χ1v) is 10.9. The Bertz CT molecular complexity index is 1240. The van der Waals surface area contributed by atoms with Crippen molar-refractivity contribution in [1.29, 1.82) is 0 Å². The number of hydrogen-bond donors (Lipinski definition) is 0. The molecule has 1 heterocycles. The van der Waals surface area contributed by atoms with Gasteiger partial charge in [-0.2, -0.15) is 0 Å². The molecule has 0 N–H and O–H groups in total. The molecule has 0 atom stereocenters. The van der Waals surface area contributed by atoms with Gasteiger partial charge in [0.2, 0.25) is 0 Å². The van der Waals surface area contributed by atoms with Crippen molar-refractivity contribution < 1.29 is 18.8 Å². The Balaban J connectivity index is 1.52. The van der Waals surface area contributed by atoms with Crippen molar-refractivity contribution in [3.63, 3.8) is 0 Å². The Hall–Kier alpha value is -3.80. The molecular formula is C27H28N2O4. The van der Waals surface area contributed by atoms with E-state index in [4.69, 9.17) is 14.0 Å². The topological polar surface area (TPSA) is 64.8 Å². The molecule has 0 spiro atoms. The van der Waals surface area contributed by atoms with Crippen LogP contribution in [-0.2, 0) is 6.61 Å². The Morgan fingerprint density at radius 3 is 2.33 bits per heavy atom. The van der Waals surface area contributed by atoms with Gasteiger partial charge in [0, 0.05) is 7.05 Å². The van der Waals surface area contributed by atoms with Gasteiger partial charge in [0.1, 0.15) is 30.5 Å². The molecule has 0 saturated heterocycles. The summed E-state index contributed by atoms with van der Waals surface area (Å²) < 4.78 is 17.2. The Morgan fingerprint density at radius 1 is 0.970 bits per heavy atom. The Kier molecular flexibility index (Phi) is 6.63. The predicted octanol–water partition coefficient (Wildman–Crippen LogP) is 5.48. The Morgan fingerprint density at radius 2 is 1.67 bits per heavy atom. The number of hydrogen-bond acceptors (Lipinski definition) is 5. The van der Waals surface area contributed by atoms with E-state index in [-0.39, 0.29) is 12.5 Å². The second kappa shape index (κ2) is 9.77. The number of benzene rings is 3. The van der Waals surface area contributed by atoms with Gasteiger partial charge in [-0.25, -0.2) is 0 Å². The number of carbonyl (C=O) groups excluding carboxylic acids is 1. The van der Waals surface area contributed by atoms with Gasteiger partial charge < -0.3 is 18.9 Å². The van der Waals surface area contributed by atoms with Crippen LogP contribution in [0.3, 0.4) is 0 Å². The molecule has 6 nitrogen and oxygen atoms in total. The van der Waals surface area contributed by atoms with Crippen molar-refractivity contribution in [2.75, 3.05) is 20.2 Å². The number of ether oxygens (including phenoxy) is 2. The maximum atomic E-state index is 13.4. The van der Waals surface area contributed by atoms with Crippen LogP contribution in [-0.4, -0.2) is 36.2 Å². The number of carbonyl (C=O) groups is 1. The van der Waals surface area contributed by atoms with Crippen LogP contribution in [0.25, 0.3) is 10.8 Å². The van der Waals surface area contributed by atoms with E-state index in [1.54, 1.807) is 11.9 Å². The number of rotatable bonds is 8. The standard InChI is InChI=1S/C27H28N2O4/c1-18-9-11-23(12-10-18)31-14-13-29(4)27(30)24-15-21-7-5-6-8-22(21)16-26(24)32-17-25-19(2)28-33-20(25)3/h5-12,15-16H,13-14,17H2,1-4H3. The monoisotopic (exact) mass is 444 g/mol. The molecule has 33 heavy (non-hydrogen) atoms. The Labute approximate surface area is 193 Å². The lowest BCUT2D eigenvalue weighted by molar-refractivity contribution is 0.0769. The zero-order valence-corrected chi connectivity index (χ0v) is 19.4. The van der Waals surface area contributed by atoms with Crippen LogP contribution in [0.2, 0.25) is 0 Å². The zero-order valence-electron chi connectivity index (χ0n) is 19.4. The van der Waals surface area contributed by atoms with Crippen LogP contribution in [0, 0.1) is 20.8 Å². The molecule has 0 radical (unpaired) electrons. The first-order chi connectivity index (χ1) is 15.9. The summed E-state index contributed by atoms with van der Waals surface area (Å²) in [6.45, 7) is 6.89. The summed E-state index contributed by atoms with van der Waals surface area (Å²) in [5, 5.41) is 5.97. The first kappa shape index (κ1) is 22.4. The van der Waals surface area contributed by atoms with Crippen LogP contribution in [0.4, 0.5) is 0 Å². The lowest BCUT2D eigenvalue weighted by Gasteiger charge is -2.20. The van der Waals surface area contributed by atoms with Gasteiger partial charge in [0.05, 0.1) is 23.4 Å². The molecule has 0 fully saturated rings. The van der Waals surface area contributed by atoms with E-state index < -0.39 is 0 Å². The summed E-state index contributed by atoms with van der Waals surface area (Å²) in [6.07, 6.45) is 0. The molecule has 0 aliphatic carbocycles. The number of nitrogens with zero attached hydrogens (tertiary/aromatic N) is 2. The van der Waals surface area contributed by atoms with Gasteiger partial charge in [0.25, 0.3) is 5.91 Å². The molecule has 0 saturated carbocycles. The van der Waals surface area contributed by atoms with Crippen LogP contribution < -0.4 is 9.47 Å². The lowest BCUT2D eigenvalue weighted by Crippen LogP contribution is -2.31. The van der Waals surface area contributed by atoms with Crippen LogP contribution in [0.1, 0.15) is 32.9 Å². The molecule has 3 aromatic carbocycles. The highest BCUT2D eigenvalue weighted by Gasteiger charge is 2.19. The van der Waals surface area contributed by atoms with E-state index in [2.05, 4.69) is 5.16 Å². The average Bonchev–Trinajstić information content (AvgIpc) is 3.14. The fraction of sp³-hybridized carbons (Fsp3) is 0.259. The van der Waals surface area contributed by atoms with Crippen LogP contribution >= 0.6 is 0 Å². The quantitative estimate of drug-likeness (QED) is 0.360. The first-order valence-electron chi connectivity index (χ1n) is 10.9. The van der Waals surface area contributed by atoms with E-state index in [1.165, 1.54) is 5.56 Å². The number of fused-ring (bicyclic) bond motifs is 1. The number of aryl methyl sites for hydroxylation is 3. The highest BCUT2D eigenvalue weighted by Crippen LogP contribution is 2.28. The molecule has 1 aromatic heterocycles. The largest absolute Gasteiger partial charge is 0.492 e. The van der Waals surface area contributed by atoms with Gasteiger partial charge >= 0.3 is 0 Å². The maximum Gasteiger partial charge on any atom is 0.257 e. The molecular weight excluding hydrogens is 416 g/mol. The van der Waals surface area contributed by atoms with Gasteiger partial charge in [-0.15, -0.1) is 0 Å². The van der Waals surface area contributed by atoms with E-state index in [0.717, 1.165) is 27.8 Å². The summed E-state index contributed by atoms with van der Waals surface area (Å²) >= 11 is 0. The second-order valence-electron chi connectivity index (χ2n) is 8.18. The molecule has 0 bridgehead atoms. The van der Waals surface area contributed by atoms with Gasteiger partial charge in [0.15, 0.2) is 0 Å². The fourth-order valence-electron chi connectivity index (χ4n) is 3.61. The van der Waals surface area contributed by atoms with E-state index >= 15 is 0 Å². The molecule has 170 valence electrons. The second-order valence-corrected chi connectivity index (χ2v) is 8.18. The summed E-state index contributed by atoms with van der Waals surface area (Å²) in [6, 6.07) is 19.6. The molecule has 0 aliphatic heterocycles. The normalized spacial score (nSPS) is 10.9. The van der Waals surface area contributed by atoms with Crippen molar-refractivity contribution in [2.45, 2.75) is 27.4 Å². The third-order valence-corrected chi connectivity index (χ3v) is 5.69. The predicted molar refractivity (Wildman–Crippen MR) is 128 cm³/mol. The minimum absolute atomic E-state index is 0.123. The third-order valence-electron chi connectivity index (χ3n) is 5.69. The van der Waals surface area contributed by atoms with Crippen molar-refractivity contribution in [2.24, 2.45) is 0 Å². The minimum atomic E-state index is -0.123. The van der Waals surface area contributed by atoms with E-state index in [1.807, 2.05) is 81.4 Å². The fourth-order valence-corrected chi connectivity index (χ4v) is 3.61. The summed E-state index contributed by atoms with van der Waals surface area (Å²) in [4.78, 5) is 15.0. The zero-order chi connectivity index (χ0) is 23.4. The number of likely N-dealkylation sites (N-methyl/N-ethyl adjacent to an activating group) is 1. The number of amides is 1. The summed E-state index contributed by atoms with van der Waals surface area (Å²) in [7, 11) is 1.77. The van der Waals surface area contributed by atoms with Gasteiger partial charge in [-0.05, 0) is 55.8 Å². The number of aromatic nitrogens is 1. The summed E-state index contributed by atoms with van der Waals surface area (Å²) in [5.41, 5.74) is 3.36. The highest BCUT2D eigenvalue weighted by molar-refractivity contribution is 6.01.